The lowest BCUT2D eigenvalue weighted by Gasteiger charge is -2.40. The van der Waals surface area contributed by atoms with Crippen LogP contribution in [-0.4, -0.2) is 76.1 Å². The van der Waals surface area contributed by atoms with Crippen LogP contribution in [0.3, 0.4) is 0 Å². The van der Waals surface area contributed by atoms with Crippen molar-refractivity contribution in [2.75, 3.05) is 26.2 Å². The zero-order valence-corrected chi connectivity index (χ0v) is 17.5. The Morgan fingerprint density at radius 1 is 1.34 bits per heavy atom. The van der Waals surface area contributed by atoms with Gasteiger partial charge < -0.3 is 24.7 Å². The Morgan fingerprint density at radius 2 is 2.07 bits per heavy atom. The topological polar surface area (TPSA) is 116 Å². The lowest BCUT2D eigenvalue weighted by atomic mass is 9.91. The van der Waals surface area contributed by atoms with Crippen molar-refractivity contribution in [1.82, 2.24) is 20.3 Å². The molecular formula is C20H30N4O5. The number of nitrogens with one attached hydrogen (secondary N) is 1. The highest BCUT2D eigenvalue weighted by Crippen LogP contribution is 2.37. The number of hydrogen-bond donors (Lipinski definition) is 2. The van der Waals surface area contributed by atoms with E-state index in [4.69, 9.17) is 9.63 Å². The van der Waals surface area contributed by atoms with Gasteiger partial charge in [0.1, 0.15) is 17.9 Å². The van der Waals surface area contributed by atoms with Gasteiger partial charge in [0.15, 0.2) is 0 Å². The molecule has 3 atom stereocenters. The van der Waals surface area contributed by atoms with Crippen LogP contribution in [-0.2, 0) is 9.59 Å². The molecule has 3 amide bonds. The maximum atomic E-state index is 13.0. The SMILES string of the molecule is Cc1noc(C)c1C(=O)N1CC(=O)N2[C@@H](C[C@H](C(=O)NCCO)[C@@H]2CC(C)C)C1. The molecule has 9 heteroatoms. The molecule has 1 aromatic rings. The molecule has 3 rings (SSSR count). The number of aliphatic hydroxyl groups excluding tert-OH is 1. The second-order valence-electron chi connectivity index (χ2n) is 8.39. The van der Waals surface area contributed by atoms with Gasteiger partial charge in [-0.15, -0.1) is 0 Å². The molecule has 1 aromatic heterocycles. The number of aromatic nitrogens is 1. The number of nitrogens with zero attached hydrogens (tertiary/aromatic N) is 3. The first-order valence-corrected chi connectivity index (χ1v) is 10.2. The average molecular weight is 406 g/mol. The Balaban J connectivity index is 1.81. The molecule has 9 nitrogen and oxygen atoms in total. The van der Waals surface area contributed by atoms with Crippen LogP contribution in [0, 0.1) is 25.7 Å². The van der Waals surface area contributed by atoms with Gasteiger partial charge in [-0.3, -0.25) is 14.4 Å². The molecule has 160 valence electrons. The molecule has 2 saturated heterocycles. The molecule has 0 aliphatic carbocycles. The Labute approximate surface area is 170 Å². The molecule has 2 aliphatic heterocycles. The summed E-state index contributed by atoms with van der Waals surface area (Å²) in [5.41, 5.74) is 0.910. The highest BCUT2D eigenvalue weighted by atomic mass is 16.5. The molecule has 0 radical (unpaired) electrons. The minimum Gasteiger partial charge on any atom is -0.395 e. The lowest BCUT2D eigenvalue weighted by molar-refractivity contribution is -0.140. The molecule has 0 spiro atoms. The number of aliphatic hydroxyl groups is 1. The van der Waals surface area contributed by atoms with E-state index in [1.54, 1.807) is 13.8 Å². The molecule has 0 aromatic carbocycles. The summed E-state index contributed by atoms with van der Waals surface area (Å²) in [6, 6.07) is -0.392. The monoisotopic (exact) mass is 406 g/mol. The van der Waals surface area contributed by atoms with Crippen LogP contribution in [0.2, 0.25) is 0 Å². The summed E-state index contributed by atoms with van der Waals surface area (Å²) in [4.78, 5) is 42.1. The summed E-state index contributed by atoms with van der Waals surface area (Å²) in [5, 5.41) is 15.6. The van der Waals surface area contributed by atoms with Crippen LogP contribution in [0.1, 0.15) is 48.5 Å². The zero-order valence-electron chi connectivity index (χ0n) is 17.5. The van der Waals surface area contributed by atoms with Gasteiger partial charge in [-0.05, 0) is 32.6 Å². The van der Waals surface area contributed by atoms with Crippen molar-refractivity contribution in [2.45, 2.75) is 52.6 Å². The second-order valence-corrected chi connectivity index (χ2v) is 8.39. The van der Waals surface area contributed by atoms with Crippen molar-refractivity contribution in [3.05, 3.63) is 17.0 Å². The van der Waals surface area contributed by atoms with Gasteiger partial charge in [-0.25, -0.2) is 0 Å². The second kappa shape index (κ2) is 8.52. The third kappa shape index (κ3) is 4.14. The highest BCUT2D eigenvalue weighted by Gasteiger charge is 2.50. The van der Waals surface area contributed by atoms with E-state index in [0.717, 1.165) is 6.42 Å². The standard InChI is InChI=1S/C20H30N4O5/c1-11(2)7-16-15(19(27)21-5-6-25)8-14-9-23(10-17(26)24(14)16)20(28)18-12(3)22-29-13(18)4/h11,14-16,25H,5-10H2,1-4H3,(H,21,27)/t14-,15-,16-/m0/s1. The van der Waals surface area contributed by atoms with Gasteiger partial charge in [-0.1, -0.05) is 19.0 Å². The van der Waals surface area contributed by atoms with Gasteiger partial charge in [0.05, 0.1) is 24.3 Å². The van der Waals surface area contributed by atoms with Crippen LogP contribution < -0.4 is 5.32 Å². The van der Waals surface area contributed by atoms with Crippen molar-refractivity contribution in [3.8, 4) is 0 Å². The molecule has 0 saturated carbocycles. The van der Waals surface area contributed by atoms with Gasteiger partial charge in [-0.2, -0.15) is 0 Å². The molecule has 0 unspecified atom stereocenters. The maximum absolute atomic E-state index is 13.0. The Kier molecular flexibility index (Phi) is 6.26. The molecule has 3 heterocycles. The number of carbonyl (C=O) groups is 3. The summed E-state index contributed by atoms with van der Waals surface area (Å²) in [5.74, 6) is -0.121. The van der Waals surface area contributed by atoms with E-state index in [1.165, 1.54) is 4.90 Å². The predicted octanol–water partition coefficient (Wildman–Crippen LogP) is 0.488. The normalized spacial score (nSPS) is 24.2. The number of amides is 3. The predicted molar refractivity (Wildman–Crippen MR) is 104 cm³/mol. The molecule has 2 N–H and O–H groups in total. The minimum absolute atomic E-state index is 0.0149. The van der Waals surface area contributed by atoms with Crippen LogP contribution in [0.25, 0.3) is 0 Å². The van der Waals surface area contributed by atoms with Gasteiger partial charge >= 0.3 is 0 Å². The van der Waals surface area contributed by atoms with E-state index in [2.05, 4.69) is 24.3 Å². The number of fused-ring (bicyclic) bond motifs is 1. The van der Waals surface area contributed by atoms with Gasteiger partial charge in [0.25, 0.3) is 5.91 Å². The van der Waals surface area contributed by atoms with Crippen LogP contribution in [0.4, 0.5) is 0 Å². The van der Waals surface area contributed by atoms with Gasteiger partial charge in [0.2, 0.25) is 11.8 Å². The summed E-state index contributed by atoms with van der Waals surface area (Å²) >= 11 is 0. The fourth-order valence-electron chi connectivity index (χ4n) is 4.60. The summed E-state index contributed by atoms with van der Waals surface area (Å²) in [7, 11) is 0. The molecule has 0 bridgehead atoms. The molecular weight excluding hydrogens is 376 g/mol. The lowest BCUT2D eigenvalue weighted by Crippen LogP contribution is -2.58. The fraction of sp³-hybridized carbons (Fsp3) is 0.700. The first kappa shape index (κ1) is 21.3. The van der Waals surface area contributed by atoms with E-state index in [9.17, 15) is 14.4 Å². The first-order valence-electron chi connectivity index (χ1n) is 10.2. The van der Waals surface area contributed by atoms with Gasteiger partial charge in [0, 0.05) is 19.1 Å². The van der Waals surface area contributed by atoms with Crippen molar-refractivity contribution in [2.24, 2.45) is 11.8 Å². The van der Waals surface area contributed by atoms with Crippen molar-refractivity contribution < 1.29 is 24.0 Å². The van der Waals surface area contributed by atoms with Crippen LogP contribution in [0.15, 0.2) is 4.52 Å². The van der Waals surface area contributed by atoms with E-state index in [1.807, 2.05) is 4.90 Å². The Morgan fingerprint density at radius 3 is 2.66 bits per heavy atom. The quantitative estimate of drug-likeness (QED) is 0.710. The summed E-state index contributed by atoms with van der Waals surface area (Å²) in [6.07, 6.45) is 1.23. The van der Waals surface area contributed by atoms with E-state index >= 15 is 0 Å². The zero-order chi connectivity index (χ0) is 21.3. The minimum atomic E-state index is -0.341. The van der Waals surface area contributed by atoms with E-state index in [-0.39, 0.29) is 55.4 Å². The number of piperazine rings is 1. The largest absolute Gasteiger partial charge is 0.395 e. The first-order chi connectivity index (χ1) is 13.7. The highest BCUT2D eigenvalue weighted by molar-refractivity contribution is 5.99. The number of rotatable bonds is 6. The third-order valence-corrected chi connectivity index (χ3v) is 5.78. The average Bonchev–Trinajstić information content (AvgIpc) is 3.19. The molecule has 2 fully saturated rings. The fourth-order valence-corrected chi connectivity index (χ4v) is 4.60. The Bertz CT molecular complexity index is 770. The molecule has 29 heavy (non-hydrogen) atoms. The van der Waals surface area contributed by atoms with Crippen LogP contribution in [0.5, 0.6) is 0 Å². The summed E-state index contributed by atoms with van der Waals surface area (Å²) in [6.45, 7) is 7.96. The van der Waals surface area contributed by atoms with Crippen LogP contribution >= 0.6 is 0 Å². The number of hydrogen-bond acceptors (Lipinski definition) is 6. The Hall–Kier alpha value is -2.42. The third-order valence-electron chi connectivity index (χ3n) is 5.78. The maximum Gasteiger partial charge on any atom is 0.259 e. The molecule has 2 aliphatic rings. The van der Waals surface area contributed by atoms with Crippen molar-refractivity contribution in [1.29, 1.82) is 0 Å². The number of carbonyl (C=O) groups excluding carboxylic acids is 3. The smallest absolute Gasteiger partial charge is 0.259 e. The van der Waals surface area contributed by atoms with Crippen molar-refractivity contribution in [3.63, 3.8) is 0 Å². The van der Waals surface area contributed by atoms with E-state index in [0.29, 0.717) is 35.9 Å². The van der Waals surface area contributed by atoms with E-state index < -0.39 is 0 Å². The number of aryl methyl sites for hydroxylation is 2. The van der Waals surface area contributed by atoms with Crippen molar-refractivity contribution >= 4 is 17.7 Å². The summed E-state index contributed by atoms with van der Waals surface area (Å²) < 4.78 is 5.10.